The average molecular weight is 286 g/mol. The molecule has 0 aliphatic heterocycles. The summed E-state index contributed by atoms with van der Waals surface area (Å²) >= 11 is 0. The first-order valence-electron chi connectivity index (χ1n) is 6.74. The molecule has 0 atom stereocenters. The Morgan fingerprint density at radius 3 is 2.15 bits per heavy atom. The van der Waals surface area contributed by atoms with Crippen molar-refractivity contribution in [3.63, 3.8) is 0 Å². The van der Waals surface area contributed by atoms with Gasteiger partial charge in [-0.05, 0) is 13.8 Å². The van der Waals surface area contributed by atoms with E-state index in [1.807, 2.05) is 34.6 Å². The highest BCUT2D eigenvalue weighted by atomic mass is 16.5. The molecule has 0 saturated heterocycles. The molecule has 116 valence electrons. The van der Waals surface area contributed by atoms with Crippen LogP contribution in [0.4, 0.5) is 0 Å². The van der Waals surface area contributed by atoms with Crippen LogP contribution in [0.3, 0.4) is 0 Å². The number of amides is 2. The molecule has 0 heterocycles. The van der Waals surface area contributed by atoms with Crippen molar-refractivity contribution in [2.45, 2.75) is 47.1 Å². The van der Waals surface area contributed by atoms with Crippen molar-refractivity contribution < 1.29 is 19.1 Å². The fourth-order valence-electron chi connectivity index (χ4n) is 1.45. The molecule has 0 aromatic heterocycles. The molecule has 6 heteroatoms. The van der Waals surface area contributed by atoms with E-state index in [-0.39, 0.29) is 37.4 Å². The predicted octanol–water partition coefficient (Wildman–Crippen LogP) is 0.949. The lowest BCUT2D eigenvalue weighted by atomic mass is 9.96. The summed E-state index contributed by atoms with van der Waals surface area (Å²) in [5.41, 5.74) is -0.479. The van der Waals surface area contributed by atoms with Gasteiger partial charge in [-0.1, -0.05) is 20.8 Å². The Balaban J connectivity index is 4.35. The molecule has 0 aliphatic rings. The maximum absolute atomic E-state index is 12.0. The summed E-state index contributed by atoms with van der Waals surface area (Å²) in [7, 11) is 1.29. The van der Waals surface area contributed by atoms with E-state index in [4.69, 9.17) is 0 Å². The van der Waals surface area contributed by atoms with E-state index in [0.29, 0.717) is 0 Å². The fraction of sp³-hybridized carbons (Fsp3) is 0.786. The molecule has 6 nitrogen and oxygen atoms in total. The zero-order valence-electron chi connectivity index (χ0n) is 13.3. The Labute approximate surface area is 120 Å². The Kier molecular flexibility index (Phi) is 7.24. The molecule has 0 aromatic carbocycles. The number of nitrogens with zero attached hydrogens (tertiary/aromatic N) is 1. The summed E-state index contributed by atoms with van der Waals surface area (Å²) in [5, 5.41) is 2.71. The average Bonchev–Trinajstić information content (AvgIpc) is 2.33. The predicted molar refractivity (Wildman–Crippen MR) is 75.9 cm³/mol. The van der Waals surface area contributed by atoms with Crippen molar-refractivity contribution in [2.24, 2.45) is 5.41 Å². The molecule has 0 unspecified atom stereocenters. The third kappa shape index (κ3) is 6.54. The van der Waals surface area contributed by atoms with Gasteiger partial charge >= 0.3 is 5.97 Å². The van der Waals surface area contributed by atoms with Crippen LogP contribution in [-0.2, 0) is 19.1 Å². The monoisotopic (exact) mass is 286 g/mol. The number of carbonyl (C=O) groups excluding carboxylic acids is 3. The van der Waals surface area contributed by atoms with Crippen molar-refractivity contribution >= 4 is 17.8 Å². The molecule has 0 aromatic rings. The van der Waals surface area contributed by atoms with Gasteiger partial charge < -0.3 is 15.0 Å². The lowest BCUT2D eigenvalue weighted by molar-refractivity contribution is -0.148. The van der Waals surface area contributed by atoms with E-state index in [9.17, 15) is 14.4 Å². The van der Waals surface area contributed by atoms with Crippen LogP contribution in [0.1, 0.15) is 41.0 Å². The van der Waals surface area contributed by atoms with Crippen molar-refractivity contribution in [2.75, 3.05) is 20.2 Å². The van der Waals surface area contributed by atoms with E-state index in [1.54, 1.807) is 0 Å². The van der Waals surface area contributed by atoms with Crippen LogP contribution >= 0.6 is 0 Å². The topological polar surface area (TPSA) is 75.7 Å². The number of carbonyl (C=O) groups is 3. The third-order valence-electron chi connectivity index (χ3n) is 2.78. The minimum absolute atomic E-state index is 0.0692. The summed E-state index contributed by atoms with van der Waals surface area (Å²) in [6.45, 7) is 9.27. The molecule has 2 amide bonds. The van der Waals surface area contributed by atoms with Crippen LogP contribution in [0.5, 0.6) is 0 Å². The molecule has 0 rings (SSSR count). The SMILES string of the molecule is COC(=O)CN(C(=O)CCNC(=O)C(C)(C)C)C(C)C. The van der Waals surface area contributed by atoms with E-state index < -0.39 is 11.4 Å². The fourth-order valence-corrected chi connectivity index (χ4v) is 1.45. The number of rotatable bonds is 6. The van der Waals surface area contributed by atoms with E-state index in [1.165, 1.54) is 12.0 Å². The number of hydrogen-bond donors (Lipinski definition) is 1. The van der Waals surface area contributed by atoms with Gasteiger partial charge in [0.05, 0.1) is 7.11 Å². The normalized spacial score (nSPS) is 11.2. The van der Waals surface area contributed by atoms with Gasteiger partial charge in [0.25, 0.3) is 0 Å². The summed E-state index contributed by atoms with van der Waals surface area (Å²) in [6, 6.07) is -0.0973. The second-order valence-electron chi connectivity index (χ2n) is 5.95. The summed E-state index contributed by atoms with van der Waals surface area (Å²) < 4.78 is 4.57. The molecule has 20 heavy (non-hydrogen) atoms. The standard InChI is InChI=1S/C14H26N2O4/c1-10(2)16(9-12(18)20-6)11(17)7-8-15-13(19)14(3,4)5/h10H,7-9H2,1-6H3,(H,15,19). The summed E-state index contributed by atoms with van der Waals surface area (Å²) in [5.74, 6) is -0.736. The third-order valence-corrected chi connectivity index (χ3v) is 2.78. The second-order valence-corrected chi connectivity index (χ2v) is 5.95. The van der Waals surface area contributed by atoms with Gasteiger partial charge in [0.1, 0.15) is 6.54 Å². The van der Waals surface area contributed by atoms with Gasteiger partial charge in [-0.3, -0.25) is 14.4 Å². The number of esters is 1. The molecular weight excluding hydrogens is 260 g/mol. The Hall–Kier alpha value is -1.59. The van der Waals surface area contributed by atoms with Crippen LogP contribution in [0.25, 0.3) is 0 Å². The lowest BCUT2D eigenvalue weighted by Gasteiger charge is -2.26. The molecular formula is C14H26N2O4. The highest BCUT2D eigenvalue weighted by Crippen LogP contribution is 2.12. The molecule has 0 aliphatic carbocycles. The maximum atomic E-state index is 12.0. The number of methoxy groups -OCH3 is 1. The van der Waals surface area contributed by atoms with Crippen molar-refractivity contribution in [1.82, 2.24) is 10.2 Å². The molecule has 0 radical (unpaired) electrons. The van der Waals surface area contributed by atoms with Crippen LogP contribution in [0, 0.1) is 5.41 Å². The first-order valence-corrected chi connectivity index (χ1v) is 6.74. The summed E-state index contributed by atoms with van der Waals surface area (Å²) in [6.07, 6.45) is 0.164. The van der Waals surface area contributed by atoms with Crippen molar-refractivity contribution in [3.05, 3.63) is 0 Å². The minimum Gasteiger partial charge on any atom is -0.468 e. The first-order chi connectivity index (χ1) is 9.09. The molecule has 0 fully saturated rings. The van der Waals surface area contributed by atoms with E-state index >= 15 is 0 Å². The van der Waals surface area contributed by atoms with Crippen LogP contribution < -0.4 is 5.32 Å². The highest BCUT2D eigenvalue weighted by Gasteiger charge is 2.23. The van der Waals surface area contributed by atoms with E-state index in [2.05, 4.69) is 10.1 Å². The largest absolute Gasteiger partial charge is 0.468 e. The maximum Gasteiger partial charge on any atom is 0.325 e. The number of hydrogen-bond acceptors (Lipinski definition) is 4. The quantitative estimate of drug-likeness (QED) is 0.738. The van der Waals surface area contributed by atoms with Crippen LogP contribution in [-0.4, -0.2) is 48.9 Å². The zero-order valence-corrected chi connectivity index (χ0v) is 13.3. The van der Waals surface area contributed by atoms with Crippen molar-refractivity contribution in [3.8, 4) is 0 Å². The zero-order chi connectivity index (χ0) is 15.9. The van der Waals surface area contributed by atoms with Gasteiger partial charge in [-0.15, -0.1) is 0 Å². The van der Waals surface area contributed by atoms with Gasteiger partial charge in [0.2, 0.25) is 11.8 Å². The Morgan fingerprint density at radius 2 is 1.75 bits per heavy atom. The van der Waals surface area contributed by atoms with Crippen molar-refractivity contribution in [1.29, 1.82) is 0 Å². The second kappa shape index (κ2) is 7.87. The molecule has 0 bridgehead atoms. The van der Waals surface area contributed by atoms with Gasteiger partial charge in [-0.2, -0.15) is 0 Å². The number of nitrogens with one attached hydrogen (secondary N) is 1. The highest BCUT2D eigenvalue weighted by molar-refractivity contribution is 5.84. The first kappa shape index (κ1) is 18.4. The smallest absolute Gasteiger partial charge is 0.325 e. The van der Waals surface area contributed by atoms with Crippen LogP contribution in [0.15, 0.2) is 0 Å². The number of ether oxygens (including phenoxy) is 1. The minimum atomic E-state index is -0.479. The Morgan fingerprint density at radius 1 is 1.20 bits per heavy atom. The summed E-state index contributed by atoms with van der Waals surface area (Å²) in [4.78, 5) is 36.4. The Bertz CT molecular complexity index is 359. The molecule has 0 saturated carbocycles. The lowest BCUT2D eigenvalue weighted by Crippen LogP contribution is -2.43. The van der Waals surface area contributed by atoms with Gasteiger partial charge in [0, 0.05) is 24.4 Å². The molecule has 1 N–H and O–H groups in total. The van der Waals surface area contributed by atoms with Gasteiger partial charge in [-0.25, -0.2) is 0 Å². The molecule has 0 spiro atoms. The van der Waals surface area contributed by atoms with E-state index in [0.717, 1.165) is 0 Å². The van der Waals surface area contributed by atoms with Gasteiger partial charge in [0.15, 0.2) is 0 Å². The van der Waals surface area contributed by atoms with Crippen LogP contribution in [0.2, 0.25) is 0 Å².